The second-order valence-corrected chi connectivity index (χ2v) is 6.23. The molecule has 2 N–H and O–H groups in total. The first-order valence-electron chi connectivity index (χ1n) is 8.14. The molecule has 0 spiro atoms. The molecule has 1 aliphatic rings. The third-order valence-corrected chi connectivity index (χ3v) is 3.89. The van der Waals surface area contributed by atoms with Crippen molar-refractivity contribution in [3.05, 3.63) is 35.6 Å². The summed E-state index contributed by atoms with van der Waals surface area (Å²) in [4.78, 5) is 39.1. The Morgan fingerprint density at radius 3 is 2.80 bits per heavy atom. The third kappa shape index (κ3) is 5.53. The molecule has 0 aromatic heterocycles. The Kier molecular flexibility index (Phi) is 6.46. The number of carbonyl (C=O) groups is 3. The van der Waals surface area contributed by atoms with Gasteiger partial charge in [-0.1, -0.05) is 12.1 Å². The Balaban J connectivity index is 1.83. The van der Waals surface area contributed by atoms with E-state index in [0.717, 1.165) is 4.90 Å². The number of urea groups is 1. The van der Waals surface area contributed by atoms with E-state index in [9.17, 15) is 18.8 Å². The monoisotopic (exact) mass is 350 g/mol. The molecule has 0 aliphatic carbocycles. The first kappa shape index (κ1) is 18.9. The van der Waals surface area contributed by atoms with Crippen LogP contribution >= 0.6 is 0 Å². The summed E-state index contributed by atoms with van der Waals surface area (Å²) in [5.74, 6) is -1.07. The lowest BCUT2D eigenvalue weighted by Gasteiger charge is -2.13. The van der Waals surface area contributed by atoms with E-state index in [1.165, 1.54) is 12.1 Å². The summed E-state index contributed by atoms with van der Waals surface area (Å²) >= 11 is 0. The fraction of sp³-hybridized carbons (Fsp3) is 0.471. The fourth-order valence-electron chi connectivity index (χ4n) is 2.54. The molecule has 1 atom stereocenters. The fourth-order valence-corrected chi connectivity index (χ4v) is 2.54. The second kappa shape index (κ2) is 8.57. The molecule has 25 heavy (non-hydrogen) atoms. The molecule has 1 aliphatic heterocycles. The average molecular weight is 350 g/mol. The Morgan fingerprint density at radius 2 is 2.12 bits per heavy atom. The molecule has 1 saturated heterocycles. The number of nitrogens with one attached hydrogen (secondary N) is 2. The minimum absolute atomic E-state index is 0.0888. The van der Waals surface area contributed by atoms with Crippen LogP contribution in [0.5, 0.6) is 0 Å². The molecular formula is C17H23FN4O3. The van der Waals surface area contributed by atoms with E-state index in [2.05, 4.69) is 10.6 Å². The standard InChI is InChI=1S/C17H23FN4O3/c1-21(2)9-7-19-15(23)11-14-16(24)22(17(25)20-14)8-6-12-4-3-5-13(18)10-12/h3-5,10,14H,6-9,11H2,1-2H3,(H,19,23)(H,20,25)/t14-/m1/s1. The Labute approximate surface area is 146 Å². The van der Waals surface area contributed by atoms with E-state index >= 15 is 0 Å². The predicted octanol–water partition coefficient (Wildman–Crippen LogP) is 0.357. The number of carbonyl (C=O) groups excluding carboxylic acids is 3. The maximum atomic E-state index is 13.2. The highest BCUT2D eigenvalue weighted by molar-refractivity contribution is 6.05. The van der Waals surface area contributed by atoms with Crippen molar-refractivity contribution in [2.75, 3.05) is 33.7 Å². The van der Waals surface area contributed by atoms with E-state index in [4.69, 9.17) is 0 Å². The second-order valence-electron chi connectivity index (χ2n) is 6.23. The molecule has 1 fully saturated rings. The van der Waals surface area contributed by atoms with Crippen LogP contribution < -0.4 is 10.6 Å². The zero-order valence-electron chi connectivity index (χ0n) is 14.4. The summed E-state index contributed by atoms with van der Waals surface area (Å²) in [5.41, 5.74) is 0.700. The molecule has 8 heteroatoms. The number of amides is 4. The molecule has 0 radical (unpaired) electrons. The van der Waals surface area contributed by atoms with E-state index in [1.54, 1.807) is 12.1 Å². The van der Waals surface area contributed by atoms with Gasteiger partial charge in [0.15, 0.2) is 0 Å². The van der Waals surface area contributed by atoms with Gasteiger partial charge in [0.25, 0.3) is 5.91 Å². The van der Waals surface area contributed by atoms with E-state index in [1.807, 2.05) is 19.0 Å². The number of nitrogens with zero attached hydrogens (tertiary/aromatic N) is 2. The van der Waals surface area contributed by atoms with Crippen molar-refractivity contribution in [3.8, 4) is 0 Å². The number of imide groups is 1. The molecule has 1 heterocycles. The summed E-state index contributed by atoms with van der Waals surface area (Å²) in [6, 6.07) is 4.65. The molecular weight excluding hydrogens is 327 g/mol. The van der Waals surface area contributed by atoms with Gasteiger partial charge in [0.2, 0.25) is 5.91 Å². The van der Waals surface area contributed by atoms with Gasteiger partial charge in [-0.15, -0.1) is 0 Å². The first-order valence-corrected chi connectivity index (χ1v) is 8.14. The van der Waals surface area contributed by atoms with E-state index in [-0.39, 0.29) is 24.7 Å². The Hall–Kier alpha value is -2.48. The Morgan fingerprint density at radius 1 is 1.36 bits per heavy atom. The van der Waals surface area contributed by atoms with Crippen molar-refractivity contribution in [3.63, 3.8) is 0 Å². The molecule has 0 bridgehead atoms. The smallest absolute Gasteiger partial charge is 0.324 e. The lowest BCUT2D eigenvalue weighted by molar-refractivity contribution is -0.130. The quantitative estimate of drug-likeness (QED) is 0.663. The van der Waals surface area contributed by atoms with Crippen molar-refractivity contribution in [1.29, 1.82) is 0 Å². The highest BCUT2D eigenvalue weighted by Crippen LogP contribution is 2.12. The molecule has 1 aromatic carbocycles. The van der Waals surface area contributed by atoms with Crippen LogP contribution in [0.1, 0.15) is 12.0 Å². The normalized spacial score (nSPS) is 17.1. The van der Waals surface area contributed by atoms with Gasteiger partial charge in [-0.2, -0.15) is 0 Å². The van der Waals surface area contributed by atoms with Crippen LogP contribution in [0.4, 0.5) is 9.18 Å². The van der Waals surface area contributed by atoms with E-state index in [0.29, 0.717) is 25.1 Å². The van der Waals surface area contributed by atoms with Crippen molar-refractivity contribution in [2.45, 2.75) is 18.9 Å². The highest BCUT2D eigenvalue weighted by atomic mass is 19.1. The average Bonchev–Trinajstić information content (AvgIpc) is 2.79. The van der Waals surface area contributed by atoms with Crippen LogP contribution in [0.15, 0.2) is 24.3 Å². The molecule has 0 unspecified atom stereocenters. The Bertz CT molecular complexity index is 651. The van der Waals surface area contributed by atoms with Crippen LogP contribution in [0.2, 0.25) is 0 Å². The van der Waals surface area contributed by atoms with Crippen LogP contribution in [0.3, 0.4) is 0 Å². The number of rotatable bonds is 8. The molecule has 1 aromatic rings. The maximum absolute atomic E-state index is 13.2. The summed E-state index contributed by atoms with van der Waals surface area (Å²) in [5, 5.41) is 5.23. The number of hydrogen-bond acceptors (Lipinski definition) is 4. The van der Waals surface area contributed by atoms with Gasteiger partial charge in [-0.3, -0.25) is 14.5 Å². The van der Waals surface area contributed by atoms with Crippen molar-refractivity contribution in [2.24, 2.45) is 0 Å². The zero-order valence-corrected chi connectivity index (χ0v) is 14.4. The number of hydrogen-bond donors (Lipinski definition) is 2. The third-order valence-electron chi connectivity index (χ3n) is 3.89. The lowest BCUT2D eigenvalue weighted by Crippen LogP contribution is -2.38. The first-order chi connectivity index (χ1) is 11.9. The van der Waals surface area contributed by atoms with Gasteiger partial charge in [0, 0.05) is 19.6 Å². The van der Waals surface area contributed by atoms with Crippen LogP contribution in [-0.2, 0) is 16.0 Å². The maximum Gasteiger partial charge on any atom is 0.324 e. The number of benzene rings is 1. The molecule has 7 nitrogen and oxygen atoms in total. The largest absolute Gasteiger partial charge is 0.355 e. The van der Waals surface area contributed by atoms with Crippen molar-refractivity contribution < 1.29 is 18.8 Å². The summed E-state index contributed by atoms with van der Waals surface area (Å²) in [6.45, 7) is 1.31. The van der Waals surface area contributed by atoms with Crippen LogP contribution in [0, 0.1) is 5.82 Å². The van der Waals surface area contributed by atoms with Crippen molar-refractivity contribution in [1.82, 2.24) is 20.4 Å². The summed E-state index contributed by atoms with van der Waals surface area (Å²) in [6.07, 6.45) is 0.271. The molecule has 136 valence electrons. The minimum atomic E-state index is -0.848. The van der Waals surface area contributed by atoms with Gasteiger partial charge in [0.05, 0.1) is 6.42 Å². The van der Waals surface area contributed by atoms with Gasteiger partial charge in [-0.05, 0) is 38.2 Å². The lowest BCUT2D eigenvalue weighted by atomic mass is 10.1. The number of halogens is 1. The molecule has 4 amide bonds. The predicted molar refractivity (Wildman–Crippen MR) is 90.3 cm³/mol. The zero-order chi connectivity index (χ0) is 18.4. The van der Waals surface area contributed by atoms with Gasteiger partial charge >= 0.3 is 6.03 Å². The van der Waals surface area contributed by atoms with Crippen molar-refractivity contribution >= 4 is 17.8 Å². The highest BCUT2D eigenvalue weighted by Gasteiger charge is 2.38. The topological polar surface area (TPSA) is 81.8 Å². The minimum Gasteiger partial charge on any atom is -0.355 e. The van der Waals surface area contributed by atoms with Crippen LogP contribution in [0.25, 0.3) is 0 Å². The number of likely N-dealkylation sites (N-methyl/N-ethyl adjacent to an activating group) is 1. The van der Waals surface area contributed by atoms with Gasteiger partial charge in [0.1, 0.15) is 11.9 Å². The van der Waals surface area contributed by atoms with Gasteiger partial charge < -0.3 is 15.5 Å². The summed E-state index contributed by atoms with van der Waals surface area (Å²) < 4.78 is 13.2. The molecule has 0 saturated carbocycles. The molecule has 2 rings (SSSR count). The SMILES string of the molecule is CN(C)CCNC(=O)C[C@H]1NC(=O)N(CCc2cccc(F)c2)C1=O. The summed E-state index contributed by atoms with van der Waals surface area (Å²) in [7, 11) is 3.78. The van der Waals surface area contributed by atoms with E-state index < -0.39 is 18.0 Å². The van der Waals surface area contributed by atoms with Crippen LogP contribution in [-0.4, -0.2) is 67.4 Å². The van der Waals surface area contributed by atoms with Gasteiger partial charge in [-0.25, -0.2) is 9.18 Å².